The van der Waals surface area contributed by atoms with E-state index in [1.165, 1.54) is 11.3 Å². The molecular formula is C15H14N4OS. The number of piperidine rings is 1. The van der Waals surface area contributed by atoms with E-state index in [1.54, 1.807) is 9.42 Å². The van der Waals surface area contributed by atoms with Gasteiger partial charge in [-0.1, -0.05) is 41.7 Å². The predicted molar refractivity (Wildman–Crippen MR) is 82.5 cm³/mol. The minimum atomic E-state index is 0.168. The largest absolute Gasteiger partial charge is 0.287 e. The number of amides is 1. The second kappa shape index (κ2) is 4.96. The van der Waals surface area contributed by atoms with Gasteiger partial charge in [-0.05, 0) is 12.8 Å². The number of benzene rings is 1. The Labute approximate surface area is 125 Å². The van der Waals surface area contributed by atoms with E-state index < -0.39 is 0 Å². The van der Waals surface area contributed by atoms with Crippen molar-refractivity contribution in [1.29, 1.82) is 0 Å². The summed E-state index contributed by atoms with van der Waals surface area (Å²) in [4.78, 5) is 19.2. The molecule has 0 unspecified atom stereocenters. The van der Waals surface area contributed by atoms with Crippen LogP contribution >= 0.6 is 11.3 Å². The Morgan fingerprint density at radius 3 is 2.76 bits per heavy atom. The van der Waals surface area contributed by atoms with Crippen LogP contribution in [-0.4, -0.2) is 27.0 Å². The molecule has 2 aromatic heterocycles. The van der Waals surface area contributed by atoms with Crippen LogP contribution in [0.5, 0.6) is 0 Å². The van der Waals surface area contributed by atoms with Crippen LogP contribution in [0.4, 0.5) is 5.13 Å². The van der Waals surface area contributed by atoms with Gasteiger partial charge in [0.05, 0.1) is 11.9 Å². The molecular weight excluding hydrogens is 284 g/mol. The molecule has 21 heavy (non-hydrogen) atoms. The average molecular weight is 298 g/mol. The lowest BCUT2D eigenvalue weighted by atomic mass is 10.1. The summed E-state index contributed by atoms with van der Waals surface area (Å²) < 4.78 is 1.77. The molecule has 0 spiro atoms. The lowest BCUT2D eigenvalue weighted by Crippen LogP contribution is -2.35. The maximum absolute atomic E-state index is 11.9. The Kier molecular flexibility index (Phi) is 2.96. The zero-order valence-corrected chi connectivity index (χ0v) is 12.2. The second-order valence-electron chi connectivity index (χ2n) is 5.11. The molecule has 1 amide bonds. The number of carbonyl (C=O) groups excluding carboxylic acids is 1. The van der Waals surface area contributed by atoms with Gasteiger partial charge in [-0.2, -0.15) is 0 Å². The Bertz CT molecular complexity index is 761. The van der Waals surface area contributed by atoms with Crippen LogP contribution in [0.15, 0.2) is 36.5 Å². The van der Waals surface area contributed by atoms with Gasteiger partial charge in [-0.15, -0.1) is 5.10 Å². The smallest absolute Gasteiger partial charge is 0.228 e. The van der Waals surface area contributed by atoms with Crippen molar-refractivity contribution in [3.05, 3.63) is 36.5 Å². The highest BCUT2D eigenvalue weighted by atomic mass is 32.1. The summed E-state index contributed by atoms with van der Waals surface area (Å²) in [7, 11) is 0. The van der Waals surface area contributed by atoms with Crippen molar-refractivity contribution in [2.45, 2.75) is 19.3 Å². The average Bonchev–Trinajstić information content (AvgIpc) is 3.07. The molecule has 5 nitrogen and oxygen atoms in total. The summed E-state index contributed by atoms with van der Waals surface area (Å²) in [6.07, 6.45) is 4.56. The summed E-state index contributed by atoms with van der Waals surface area (Å²) in [5.41, 5.74) is 1.98. The van der Waals surface area contributed by atoms with E-state index in [0.29, 0.717) is 6.42 Å². The fraction of sp³-hybridized carbons (Fsp3) is 0.267. The molecule has 106 valence electrons. The zero-order chi connectivity index (χ0) is 14.2. The first-order valence-corrected chi connectivity index (χ1v) is 7.85. The summed E-state index contributed by atoms with van der Waals surface area (Å²) in [5, 5.41) is 5.26. The van der Waals surface area contributed by atoms with Gasteiger partial charge in [-0.3, -0.25) is 9.69 Å². The second-order valence-corrected chi connectivity index (χ2v) is 6.04. The van der Waals surface area contributed by atoms with Crippen molar-refractivity contribution >= 4 is 27.3 Å². The number of hydrogen-bond acceptors (Lipinski definition) is 4. The molecule has 1 aliphatic rings. The first kappa shape index (κ1) is 12.5. The van der Waals surface area contributed by atoms with Crippen molar-refractivity contribution in [3.63, 3.8) is 0 Å². The Hall–Kier alpha value is -2.21. The third kappa shape index (κ3) is 2.21. The van der Waals surface area contributed by atoms with E-state index in [-0.39, 0.29) is 5.91 Å². The van der Waals surface area contributed by atoms with E-state index in [1.807, 2.05) is 36.5 Å². The Morgan fingerprint density at radius 2 is 2.00 bits per heavy atom. The minimum Gasteiger partial charge on any atom is -0.287 e. The highest BCUT2D eigenvalue weighted by Crippen LogP contribution is 2.28. The van der Waals surface area contributed by atoms with Crippen LogP contribution in [0.3, 0.4) is 0 Å². The van der Waals surface area contributed by atoms with Gasteiger partial charge in [0.25, 0.3) is 0 Å². The van der Waals surface area contributed by atoms with Crippen LogP contribution in [-0.2, 0) is 4.79 Å². The molecule has 3 heterocycles. The lowest BCUT2D eigenvalue weighted by molar-refractivity contribution is -0.119. The summed E-state index contributed by atoms with van der Waals surface area (Å²) in [6, 6.07) is 10.0. The molecule has 1 aromatic carbocycles. The van der Waals surface area contributed by atoms with Gasteiger partial charge in [0.1, 0.15) is 0 Å². The number of anilines is 1. The van der Waals surface area contributed by atoms with Crippen molar-refractivity contribution in [2.24, 2.45) is 0 Å². The highest BCUT2D eigenvalue weighted by molar-refractivity contribution is 7.20. The van der Waals surface area contributed by atoms with E-state index in [2.05, 4.69) is 10.1 Å². The van der Waals surface area contributed by atoms with Crippen LogP contribution in [0.2, 0.25) is 0 Å². The molecule has 0 bridgehead atoms. The van der Waals surface area contributed by atoms with Crippen molar-refractivity contribution in [3.8, 4) is 11.3 Å². The monoisotopic (exact) mass is 298 g/mol. The number of hydrogen-bond donors (Lipinski definition) is 0. The number of rotatable bonds is 2. The number of imidazole rings is 1. The number of aromatic nitrogens is 3. The van der Waals surface area contributed by atoms with Crippen molar-refractivity contribution < 1.29 is 4.79 Å². The van der Waals surface area contributed by atoms with Crippen molar-refractivity contribution in [2.75, 3.05) is 11.4 Å². The Morgan fingerprint density at radius 1 is 1.14 bits per heavy atom. The molecule has 0 radical (unpaired) electrons. The summed E-state index contributed by atoms with van der Waals surface area (Å²) in [5.74, 6) is 0.168. The van der Waals surface area contributed by atoms with Crippen molar-refractivity contribution in [1.82, 2.24) is 14.6 Å². The molecule has 4 rings (SSSR count). The number of carbonyl (C=O) groups is 1. The molecule has 0 atom stereocenters. The standard InChI is InChI=1S/C15H14N4OS/c20-13-8-4-5-9-18(13)15-17-19-10-12(16-14(19)21-15)11-6-2-1-3-7-11/h1-3,6-7,10H,4-5,8-9H2. The molecule has 6 heteroatoms. The SMILES string of the molecule is O=C1CCCCN1c1nn2cc(-c3ccccc3)nc2s1. The van der Waals surface area contributed by atoms with Gasteiger partial charge in [0.15, 0.2) is 0 Å². The van der Waals surface area contributed by atoms with Crippen LogP contribution in [0, 0.1) is 0 Å². The topological polar surface area (TPSA) is 50.5 Å². The van der Waals surface area contributed by atoms with Gasteiger partial charge in [-0.25, -0.2) is 9.50 Å². The van der Waals surface area contributed by atoms with E-state index >= 15 is 0 Å². The zero-order valence-electron chi connectivity index (χ0n) is 11.4. The molecule has 0 aliphatic carbocycles. The molecule has 0 N–H and O–H groups in total. The number of nitrogens with zero attached hydrogens (tertiary/aromatic N) is 4. The van der Waals surface area contributed by atoms with Gasteiger partial charge >= 0.3 is 0 Å². The first-order valence-electron chi connectivity index (χ1n) is 7.03. The van der Waals surface area contributed by atoms with Gasteiger partial charge < -0.3 is 0 Å². The van der Waals surface area contributed by atoms with Gasteiger partial charge in [0.2, 0.25) is 16.0 Å². The van der Waals surface area contributed by atoms with E-state index in [4.69, 9.17) is 0 Å². The summed E-state index contributed by atoms with van der Waals surface area (Å²) >= 11 is 1.47. The molecule has 1 aliphatic heterocycles. The normalized spacial score (nSPS) is 15.8. The molecule has 3 aromatic rings. The Balaban J connectivity index is 1.69. The quantitative estimate of drug-likeness (QED) is 0.731. The lowest BCUT2D eigenvalue weighted by Gasteiger charge is -2.23. The fourth-order valence-electron chi connectivity index (χ4n) is 2.55. The fourth-order valence-corrected chi connectivity index (χ4v) is 3.48. The first-order chi connectivity index (χ1) is 10.3. The highest BCUT2D eigenvalue weighted by Gasteiger charge is 2.23. The van der Waals surface area contributed by atoms with Crippen LogP contribution in [0.1, 0.15) is 19.3 Å². The minimum absolute atomic E-state index is 0.168. The number of fused-ring (bicyclic) bond motifs is 1. The van der Waals surface area contributed by atoms with Crippen LogP contribution < -0.4 is 4.90 Å². The maximum atomic E-state index is 11.9. The molecule has 0 saturated carbocycles. The summed E-state index contributed by atoms with van der Waals surface area (Å²) in [6.45, 7) is 0.765. The molecule has 1 fully saturated rings. The van der Waals surface area contributed by atoms with E-state index in [0.717, 1.165) is 40.7 Å². The maximum Gasteiger partial charge on any atom is 0.228 e. The third-order valence-corrected chi connectivity index (χ3v) is 4.60. The van der Waals surface area contributed by atoms with Crippen LogP contribution in [0.25, 0.3) is 16.2 Å². The molecule has 1 saturated heterocycles. The third-order valence-electron chi connectivity index (χ3n) is 3.66. The van der Waals surface area contributed by atoms with E-state index in [9.17, 15) is 4.79 Å². The van der Waals surface area contributed by atoms with Gasteiger partial charge in [0, 0.05) is 18.5 Å². The predicted octanol–water partition coefficient (Wildman–Crippen LogP) is 2.97.